The summed E-state index contributed by atoms with van der Waals surface area (Å²) in [5.41, 5.74) is 0. The fraction of sp³-hybridized carbons (Fsp3) is 0.667. The molecule has 0 aromatic rings. The number of carbonyl (C=O) groups is 1. The van der Waals surface area contributed by atoms with Gasteiger partial charge in [0.1, 0.15) is 0 Å². The highest BCUT2D eigenvalue weighted by molar-refractivity contribution is 5.74. The van der Waals surface area contributed by atoms with Gasteiger partial charge < -0.3 is 10.2 Å². The maximum atomic E-state index is 10.7. The monoisotopic (exact) mass is 129 g/mol. The normalized spacial score (nSPS) is 8.78. The Labute approximate surface area is 56.0 Å². The van der Waals surface area contributed by atoms with Gasteiger partial charge in [-0.25, -0.2) is 4.79 Å². The van der Waals surface area contributed by atoms with Crippen molar-refractivity contribution in [2.75, 3.05) is 13.1 Å². The van der Waals surface area contributed by atoms with Crippen LogP contribution < -0.4 is 5.32 Å². The molecule has 0 rings (SSSR count). The van der Waals surface area contributed by atoms with Crippen LogP contribution in [0.3, 0.4) is 0 Å². The summed E-state index contributed by atoms with van der Waals surface area (Å²) in [6.07, 6.45) is 0. The number of hydrogen-bond acceptors (Lipinski definition) is 1. The molecule has 1 N–H and O–H groups in total. The standard InChI is InChI=1S/C6H13N2O/c1-4-8(5-2)6(9)7-3/h3-5H2,1-2H3,(H,7,9). The van der Waals surface area contributed by atoms with Gasteiger partial charge in [0.2, 0.25) is 0 Å². The van der Waals surface area contributed by atoms with Crippen LogP contribution in [0, 0.1) is 7.05 Å². The van der Waals surface area contributed by atoms with Gasteiger partial charge in [0.15, 0.2) is 0 Å². The maximum Gasteiger partial charge on any atom is 0.317 e. The molecular formula is C6H13N2O. The van der Waals surface area contributed by atoms with Crippen LogP contribution in [0.2, 0.25) is 0 Å². The zero-order chi connectivity index (χ0) is 7.28. The molecule has 2 amide bonds. The van der Waals surface area contributed by atoms with Crippen molar-refractivity contribution in [2.24, 2.45) is 0 Å². The van der Waals surface area contributed by atoms with Crippen LogP contribution in [-0.2, 0) is 0 Å². The van der Waals surface area contributed by atoms with E-state index in [-0.39, 0.29) is 6.03 Å². The Hall–Kier alpha value is -0.730. The lowest BCUT2D eigenvalue weighted by Crippen LogP contribution is -2.36. The number of hydrogen-bond donors (Lipinski definition) is 1. The Morgan fingerprint density at radius 2 is 2.00 bits per heavy atom. The van der Waals surface area contributed by atoms with Crippen molar-refractivity contribution in [3.8, 4) is 0 Å². The van der Waals surface area contributed by atoms with E-state index in [0.717, 1.165) is 13.1 Å². The zero-order valence-electron chi connectivity index (χ0n) is 5.98. The number of carbonyl (C=O) groups excluding carboxylic acids is 1. The van der Waals surface area contributed by atoms with Crippen LogP contribution in [0.25, 0.3) is 0 Å². The first-order chi connectivity index (χ1) is 4.26. The second kappa shape index (κ2) is 4.18. The first-order valence-corrected chi connectivity index (χ1v) is 3.08. The summed E-state index contributed by atoms with van der Waals surface area (Å²) >= 11 is 0. The van der Waals surface area contributed by atoms with E-state index in [9.17, 15) is 4.79 Å². The van der Waals surface area contributed by atoms with Crippen LogP contribution >= 0.6 is 0 Å². The fourth-order valence-corrected chi connectivity index (χ4v) is 0.623. The van der Waals surface area contributed by atoms with Gasteiger partial charge in [-0.1, -0.05) is 0 Å². The topological polar surface area (TPSA) is 32.3 Å². The lowest BCUT2D eigenvalue weighted by Gasteiger charge is -2.16. The van der Waals surface area contributed by atoms with E-state index in [1.807, 2.05) is 13.8 Å². The Bertz CT molecular complexity index is 89.1. The zero-order valence-corrected chi connectivity index (χ0v) is 5.98. The van der Waals surface area contributed by atoms with Gasteiger partial charge in [-0.15, -0.1) is 0 Å². The first-order valence-electron chi connectivity index (χ1n) is 3.08. The van der Waals surface area contributed by atoms with Crippen molar-refractivity contribution in [2.45, 2.75) is 13.8 Å². The molecule has 0 fully saturated rings. The maximum absolute atomic E-state index is 10.7. The molecule has 3 heteroatoms. The first kappa shape index (κ1) is 8.27. The third-order valence-corrected chi connectivity index (χ3v) is 1.20. The molecule has 1 radical (unpaired) electrons. The summed E-state index contributed by atoms with van der Waals surface area (Å²) in [5.74, 6) is 0. The smallest absolute Gasteiger partial charge is 0.317 e. The molecule has 9 heavy (non-hydrogen) atoms. The molecule has 0 spiro atoms. The second-order valence-electron chi connectivity index (χ2n) is 1.65. The molecule has 0 saturated heterocycles. The Balaban J connectivity index is 3.64. The number of urea groups is 1. The minimum absolute atomic E-state index is 0.111. The van der Waals surface area contributed by atoms with Crippen LogP contribution in [0.4, 0.5) is 4.79 Å². The lowest BCUT2D eigenvalue weighted by atomic mass is 10.5. The van der Waals surface area contributed by atoms with Gasteiger partial charge >= 0.3 is 6.03 Å². The van der Waals surface area contributed by atoms with Crippen molar-refractivity contribution in [3.63, 3.8) is 0 Å². The molecule has 0 aromatic heterocycles. The van der Waals surface area contributed by atoms with E-state index in [2.05, 4.69) is 12.4 Å². The van der Waals surface area contributed by atoms with E-state index in [1.54, 1.807) is 4.90 Å². The lowest BCUT2D eigenvalue weighted by molar-refractivity contribution is 0.207. The van der Waals surface area contributed by atoms with Gasteiger partial charge in [-0.3, -0.25) is 0 Å². The van der Waals surface area contributed by atoms with Crippen molar-refractivity contribution in [1.82, 2.24) is 10.2 Å². The Morgan fingerprint density at radius 1 is 1.56 bits per heavy atom. The van der Waals surface area contributed by atoms with Gasteiger partial charge in [-0.05, 0) is 13.8 Å². The van der Waals surface area contributed by atoms with Crippen molar-refractivity contribution < 1.29 is 4.79 Å². The average molecular weight is 129 g/mol. The van der Waals surface area contributed by atoms with Gasteiger partial charge in [0.25, 0.3) is 0 Å². The number of nitrogens with zero attached hydrogens (tertiary/aromatic N) is 1. The number of nitrogens with one attached hydrogen (secondary N) is 1. The number of amides is 2. The largest absolute Gasteiger partial charge is 0.336 e. The van der Waals surface area contributed by atoms with Gasteiger partial charge in [0.05, 0.1) is 0 Å². The van der Waals surface area contributed by atoms with E-state index in [1.165, 1.54) is 0 Å². The van der Waals surface area contributed by atoms with Crippen molar-refractivity contribution >= 4 is 6.03 Å². The molecular weight excluding hydrogens is 116 g/mol. The molecule has 0 bridgehead atoms. The minimum atomic E-state index is -0.111. The summed E-state index contributed by atoms with van der Waals surface area (Å²) in [7, 11) is 3.26. The highest BCUT2D eigenvalue weighted by atomic mass is 16.2. The molecule has 0 saturated carbocycles. The van der Waals surface area contributed by atoms with Crippen LogP contribution in [-0.4, -0.2) is 24.0 Å². The second-order valence-corrected chi connectivity index (χ2v) is 1.65. The highest BCUT2D eigenvalue weighted by Crippen LogP contribution is 1.85. The van der Waals surface area contributed by atoms with Crippen LogP contribution in [0.1, 0.15) is 13.8 Å². The Morgan fingerprint density at radius 3 is 2.11 bits per heavy atom. The SMILES string of the molecule is [CH2]NC(=O)N(CC)CC. The Kier molecular flexibility index (Phi) is 3.84. The number of rotatable bonds is 2. The average Bonchev–Trinajstić information content (AvgIpc) is 1.90. The molecule has 0 aliphatic heterocycles. The van der Waals surface area contributed by atoms with Crippen molar-refractivity contribution in [1.29, 1.82) is 0 Å². The molecule has 53 valence electrons. The van der Waals surface area contributed by atoms with E-state index < -0.39 is 0 Å². The van der Waals surface area contributed by atoms with Crippen LogP contribution in [0.5, 0.6) is 0 Å². The summed E-state index contributed by atoms with van der Waals surface area (Å²) in [6.45, 7) is 5.33. The third kappa shape index (κ3) is 2.35. The van der Waals surface area contributed by atoms with Gasteiger partial charge in [0, 0.05) is 20.1 Å². The van der Waals surface area contributed by atoms with E-state index in [0.29, 0.717) is 0 Å². The summed E-state index contributed by atoms with van der Waals surface area (Å²) in [5, 5.41) is 2.30. The molecule has 0 heterocycles. The quantitative estimate of drug-likeness (QED) is 0.588. The van der Waals surface area contributed by atoms with Gasteiger partial charge in [-0.2, -0.15) is 0 Å². The minimum Gasteiger partial charge on any atom is -0.336 e. The van der Waals surface area contributed by atoms with Crippen LogP contribution in [0.15, 0.2) is 0 Å². The molecule has 3 nitrogen and oxygen atoms in total. The third-order valence-electron chi connectivity index (χ3n) is 1.20. The summed E-state index contributed by atoms with van der Waals surface area (Å²) in [6, 6.07) is -0.111. The van der Waals surface area contributed by atoms with E-state index >= 15 is 0 Å². The summed E-state index contributed by atoms with van der Waals surface area (Å²) in [4.78, 5) is 12.4. The molecule has 0 aliphatic rings. The summed E-state index contributed by atoms with van der Waals surface area (Å²) < 4.78 is 0. The highest BCUT2D eigenvalue weighted by Gasteiger charge is 2.03. The molecule has 0 unspecified atom stereocenters. The molecule has 0 aromatic carbocycles. The predicted molar refractivity (Wildman–Crippen MR) is 36.8 cm³/mol. The van der Waals surface area contributed by atoms with E-state index in [4.69, 9.17) is 0 Å². The molecule has 0 atom stereocenters. The van der Waals surface area contributed by atoms with Crippen molar-refractivity contribution in [3.05, 3.63) is 7.05 Å². The predicted octanol–water partition coefficient (Wildman–Crippen LogP) is 0.829. The molecule has 0 aliphatic carbocycles. The fourth-order valence-electron chi connectivity index (χ4n) is 0.623.